The van der Waals surface area contributed by atoms with E-state index in [1.165, 1.54) is 16.9 Å². The number of hydrogen-bond donors (Lipinski definition) is 2. The smallest absolute Gasteiger partial charge is 0.221 e. The Labute approximate surface area is 91.5 Å². The molecule has 14 heavy (non-hydrogen) atoms. The quantitative estimate of drug-likeness (QED) is 0.824. The highest BCUT2D eigenvalue weighted by Crippen LogP contribution is 2.19. The van der Waals surface area contributed by atoms with Gasteiger partial charge < -0.3 is 10.6 Å². The third kappa shape index (κ3) is 2.47. The first-order valence-corrected chi connectivity index (χ1v) is 5.73. The molecular formula is C9H11ClN2OS. The van der Waals surface area contributed by atoms with Gasteiger partial charge >= 0.3 is 0 Å². The fraction of sp³-hybridized carbons (Fsp3) is 0.444. The molecule has 0 bridgehead atoms. The summed E-state index contributed by atoms with van der Waals surface area (Å²) in [5.41, 5.74) is 1.18. The Kier molecular flexibility index (Phi) is 3.05. The van der Waals surface area contributed by atoms with Crippen molar-refractivity contribution in [2.75, 3.05) is 6.54 Å². The zero-order valence-electron chi connectivity index (χ0n) is 7.55. The summed E-state index contributed by atoms with van der Waals surface area (Å²) in [6, 6.07) is 2.21. The summed E-state index contributed by atoms with van der Waals surface area (Å²) in [6.07, 6.45) is 0.581. The Bertz CT molecular complexity index is 339. The normalized spacial score (nSPS) is 21.2. The lowest BCUT2D eigenvalue weighted by Crippen LogP contribution is -2.30. The molecule has 0 aliphatic carbocycles. The van der Waals surface area contributed by atoms with Crippen LogP contribution in [0.15, 0.2) is 11.4 Å². The van der Waals surface area contributed by atoms with Crippen molar-refractivity contribution in [3.63, 3.8) is 0 Å². The lowest BCUT2D eigenvalue weighted by molar-refractivity contribution is -0.119. The maximum Gasteiger partial charge on any atom is 0.221 e. The van der Waals surface area contributed by atoms with Crippen LogP contribution >= 0.6 is 22.9 Å². The second-order valence-corrected chi connectivity index (χ2v) is 4.89. The monoisotopic (exact) mass is 230 g/mol. The molecule has 1 aromatic rings. The van der Waals surface area contributed by atoms with Crippen molar-refractivity contribution in [1.82, 2.24) is 10.6 Å². The number of carbonyl (C=O) groups excluding carboxylic acids is 1. The van der Waals surface area contributed by atoms with E-state index in [4.69, 9.17) is 11.6 Å². The van der Waals surface area contributed by atoms with Gasteiger partial charge in [0.25, 0.3) is 0 Å². The van der Waals surface area contributed by atoms with Crippen LogP contribution in [0.5, 0.6) is 0 Å². The molecule has 1 atom stereocenters. The molecule has 0 spiro atoms. The molecule has 76 valence electrons. The van der Waals surface area contributed by atoms with Crippen LogP contribution in [0, 0.1) is 0 Å². The van der Waals surface area contributed by atoms with Gasteiger partial charge in [-0.05, 0) is 17.0 Å². The van der Waals surface area contributed by atoms with Gasteiger partial charge in [-0.1, -0.05) is 11.6 Å². The maximum absolute atomic E-state index is 10.9. The van der Waals surface area contributed by atoms with E-state index in [9.17, 15) is 4.79 Å². The first-order chi connectivity index (χ1) is 6.74. The molecule has 2 N–H and O–H groups in total. The molecule has 1 saturated heterocycles. The van der Waals surface area contributed by atoms with E-state index in [0.717, 1.165) is 17.4 Å². The van der Waals surface area contributed by atoms with Gasteiger partial charge in [0.2, 0.25) is 5.91 Å². The van der Waals surface area contributed by atoms with Crippen LogP contribution < -0.4 is 10.6 Å². The van der Waals surface area contributed by atoms with Crippen molar-refractivity contribution in [3.05, 3.63) is 21.3 Å². The number of amides is 1. The number of nitrogens with one attached hydrogen (secondary N) is 2. The van der Waals surface area contributed by atoms with E-state index in [-0.39, 0.29) is 11.9 Å². The van der Waals surface area contributed by atoms with Crippen molar-refractivity contribution in [3.8, 4) is 0 Å². The summed E-state index contributed by atoms with van der Waals surface area (Å²) in [4.78, 5) is 10.9. The topological polar surface area (TPSA) is 41.1 Å². The highest BCUT2D eigenvalue weighted by atomic mass is 35.5. The minimum Gasteiger partial charge on any atom is -0.354 e. The maximum atomic E-state index is 10.9. The number of halogens is 1. The summed E-state index contributed by atoms with van der Waals surface area (Å²) in [7, 11) is 0. The van der Waals surface area contributed by atoms with Gasteiger partial charge in [0.1, 0.15) is 0 Å². The second-order valence-electron chi connectivity index (χ2n) is 3.35. The van der Waals surface area contributed by atoms with Crippen molar-refractivity contribution >= 4 is 28.8 Å². The predicted octanol–water partition coefficient (Wildman–Crippen LogP) is 1.38. The molecule has 0 aromatic carbocycles. The summed E-state index contributed by atoms with van der Waals surface area (Å²) in [5, 5.41) is 8.12. The third-order valence-electron chi connectivity index (χ3n) is 2.19. The van der Waals surface area contributed by atoms with Crippen molar-refractivity contribution < 1.29 is 4.79 Å². The fourth-order valence-corrected chi connectivity index (χ4v) is 2.36. The molecule has 2 rings (SSSR count). The van der Waals surface area contributed by atoms with Crippen LogP contribution in [-0.4, -0.2) is 18.5 Å². The summed E-state index contributed by atoms with van der Waals surface area (Å²) < 4.78 is 0.808. The average Bonchev–Trinajstić information content (AvgIpc) is 2.72. The van der Waals surface area contributed by atoms with Gasteiger partial charge in [-0.25, -0.2) is 0 Å². The van der Waals surface area contributed by atoms with Crippen LogP contribution in [-0.2, 0) is 11.3 Å². The largest absolute Gasteiger partial charge is 0.354 e. The molecule has 1 aliphatic rings. The van der Waals surface area contributed by atoms with E-state index in [1.54, 1.807) is 0 Å². The second kappa shape index (κ2) is 4.29. The Hall–Kier alpha value is -0.580. The molecule has 1 aromatic heterocycles. The Balaban J connectivity index is 1.80. The Morgan fingerprint density at radius 3 is 3.14 bits per heavy atom. The molecular weight excluding hydrogens is 220 g/mol. The van der Waals surface area contributed by atoms with Gasteiger partial charge in [0.15, 0.2) is 0 Å². The van der Waals surface area contributed by atoms with Crippen LogP contribution in [0.3, 0.4) is 0 Å². The van der Waals surface area contributed by atoms with Crippen LogP contribution in [0.25, 0.3) is 0 Å². The Morgan fingerprint density at radius 2 is 2.57 bits per heavy atom. The van der Waals surface area contributed by atoms with Crippen molar-refractivity contribution in [2.24, 2.45) is 0 Å². The molecule has 3 nitrogen and oxygen atoms in total. The van der Waals surface area contributed by atoms with Crippen LogP contribution in [0.2, 0.25) is 4.34 Å². The van der Waals surface area contributed by atoms with Gasteiger partial charge in [0, 0.05) is 25.6 Å². The molecule has 5 heteroatoms. The molecule has 0 radical (unpaired) electrons. The average molecular weight is 231 g/mol. The van der Waals surface area contributed by atoms with E-state index in [1.807, 2.05) is 11.4 Å². The van der Waals surface area contributed by atoms with Crippen LogP contribution in [0.1, 0.15) is 12.0 Å². The Morgan fingerprint density at radius 1 is 1.71 bits per heavy atom. The summed E-state index contributed by atoms with van der Waals surface area (Å²) in [6.45, 7) is 1.51. The van der Waals surface area contributed by atoms with E-state index < -0.39 is 0 Å². The highest BCUT2D eigenvalue weighted by molar-refractivity contribution is 7.14. The van der Waals surface area contributed by atoms with Gasteiger partial charge in [-0.15, -0.1) is 11.3 Å². The van der Waals surface area contributed by atoms with Gasteiger partial charge in [-0.2, -0.15) is 0 Å². The fourth-order valence-electron chi connectivity index (χ4n) is 1.45. The number of carbonyl (C=O) groups is 1. The van der Waals surface area contributed by atoms with E-state index >= 15 is 0 Å². The SMILES string of the molecule is O=C1CC(NCc2csc(Cl)c2)CN1. The summed E-state index contributed by atoms with van der Waals surface area (Å²) >= 11 is 7.33. The molecule has 0 saturated carbocycles. The first kappa shape index (κ1) is 9.96. The first-order valence-electron chi connectivity index (χ1n) is 4.47. The standard InChI is InChI=1S/C9H11ClN2OS/c10-8-1-6(5-14-8)3-11-7-2-9(13)12-4-7/h1,5,7,11H,2-4H2,(H,12,13). The zero-order chi connectivity index (χ0) is 9.97. The van der Waals surface area contributed by atoms with Crippen molar-refractivity contribution in [2.45, 2.75) is 19.0 Å². The van der Waals surface area contributed by atoms with Crippen LogP contribution in [0.4, 0.5) is 0 Å². The minimum absolute atomic E-state index is 0.130. The lowest BCUT2D eigenvalue weighted by atomic mass is 10.2. The predicted molar refractivity (Wildman–Crippen MR) is 57.6 cm³/mol. The number of thiophene rings is 1. The van der Waals surface area contributed by atoms with E-state index in [2.05, 4.69) is 10.6 Å². The van der Waals surface area contributed by atoms with E-state index in [0.29, 0.717) is 6.42 Å². The van der Waals surface area contributed by atoms with Gasteiger partial charge in [0.05, 0.1) is 4.34 Å². The molecule has 1 aliphatic heterocycles. The van der Waals surface area contributed by atoms with Crippen molar-refractivity contribution in [1.29, 1.82) is 0 Å². The highest BCUT2D eigenvalue weighted by Gasteiger charge is 2.20. The zero-order valence-corrected chi connectivity index (χ0v) is 9.12. The minimum atomic E-state index is 0.130. The molecule has 1 fully saturated rings. The third-order valence-corrected chi connectivity index (χ3v) is 3.33. The van der Waals surface area contributed by atoms with Gasteiger partial charge in [-0.3, -0.25) is 4.79 Å². The summed E-state index contributed by atoms with van der Waals surface area (Å²) in [5.74, 6) is 0.130. The lowest BCUT2D eigenvalue weighted by Gasteiger charge is -2.08. The molecule has 2 heterocycles. The molecule has 1 amide bonds. The number of rotatable bonds is 3. The molecule has 1 unspecified atom stereocenters. The number of hydrogen-bond acceptors (Lipinski definition) is 3.